The van der Waals surface area contributed by atoms with Gasteiger partial charge in [0.25, 0.3) is 0 Å². The first-order valence-electron chi connectivity index (χ1n) is 7.74. The maximum atomic E-state index is 12.2. The molecule has 0 radical (unpaired) electrons. The Morgan fingerprint density at radius 3 is 2.47 bits per heavy atom. The minimum absolute atomic E-state index is 0.113. The summed E-state index contributed by atoms with van der Waals surface area (Å²) >= 11 is 0. The minimum Gasteiger partial charge on any atom is -0.378 e. The van der Waals surface area contributed by atoms with Gasteiger partial charge in [0.1, 0.15) is 0 Å². The average Bonchev–Trinajstić information content (AvgIpc) is 2.41. The van der Waals surface area contributed by atoms with Crippen LogP contribution in [0, 0.1) is 5.92 Å². The lowest BCUT2D eigenvalue weighted by Gasteiger charge is -2.40. The van der Waals surface area contributed by atoms with Crippen molar-refractivity contribution in [2.75, 3.05) is 13.7 Å². The van der Waals surface area contributed by atoms with Gasteiger partial charge in [-0.25, -0.2) is 0 Å². The van der Waals surface area contributed by atoms with Crippen LogP contribution >= 0.6 is 0 Å². The van der Waals surface area contributed by atoms with E-state index in [1.807, 2.05) is 0 Å². The van der Waals surface area contributed by atoms with Crippen molar-refractivity contribution in [3.63, 3.8) is 0 Å². The first-order chi connectivity index (χ1) is 9.19. The van der Waals surface area contributed by atoms with Crippen LogP contribution in [0.5, 0.6) is 0 Å². The normalized spacial score (nSPS) is 24.5. The lowest BCUT2D eigenvalue weighted by molar-refractivity contribution is -0.135. The Hall–Kier alpha value is -0.610. The molecule has 0 aromatic rings. The summed E-state index contributed by atoms with van der Waals surface area (Å²) in [5, 5.41) is 3.15. The number of carbonyl (C=O) groups excluding carboxylic acids is 1. The smallest absolute Gasteiger partial charge is 0.223 e. The fourth-order valence-corrected chi connectivity index (χ4v) is 3.48. The minimum atomic E-state index is -0.185. The molecule has 2 fully saturated rings. The monoisotopic (exact) mass is 268 g/mol. The third-order valence-electron chi connectivity index (χ3n) is 5.00. The largest absolute Gasteiger partial charge is 0.378 e. The van der Waals surface area contributed by atoms with Crippen molar-refractivity contribution < 1.29 is 9.53 Å². The van der Waals surface area contributed by atoms with Gasteiger partial charge < -0.3 is 15.8 Å². The fourth-order valence-electron chi connectivity index (χ4n) is 3.48. The zero-order valence-electron chi connectivity index (χ0n) is 12.1. The number of nitrogens with two attached hydrogens (primary N) is 1. The number of methoxy groups -OCH3 is 1. The van der Waals surface area contributed by atoms with Gasteiger partial charge in [-0.1, -0.05) is 19.3 Å². The molecule has 1 amide bonds. The number of hydrogen-bond donors (Lipinski definition) is 2. The van der Waals surface area contributed by atoms with E-state index in [-0.39, 0.29) is 17.6 Å². The van der Waals surface area contributed by atoms with Gasteiger partial charge in [-0.2, -0.15) is 0 Å². The van der Waals surface area contributed by atoms with Gasteiger partial charge in [0.05, 0.1) is 12.0 Å². The number of carbonyl (C=O) groups is 1. The van der Waals surface area contributed by atoms with E-state index in [9.17, 15) is 4.79 Å². The predicted octanol–water partition coefficient (Wildman–Crippen LogP) is 1.97. The van der Waals surface area contributed by atoms with Crippen LogP contribution < -0.4 is 11.1 Å². The van der Waals surface area contributed by atoms with Gasteiger partial charge in [-0.15, -0.1) is 0 Å². The molecule has 0 aromatic heterocycles. The molecule has 2 aliphatic carbocycles. The lowest BCUT2D eigenvalue weighted by atomic mass is 9.77. The van der Waals surface area contributed by atoms with Crippen molar-refractivity contribution in [1.29, 1.82) is 0 Å². The second-order valence-corrected chi connectivity index (χ2v) is 6.23. The zero-order valence-corrected chi connectivity index (χ0v) is 12.1. The topological polar surface area (TPSA) is 64.3 Å². The highest BCUT2D eigenvalue weighted by atomic mass is 16.5. The molecular formula is C15H28N2O2. The first kappa shape index (κ1) is 14.8. The standard InChI is InChI=1S/C15H28N2O2/c1-19-15(8-5-9-15)10-14(18)17-13(11-16)12-6-3-2-4-7-12/h12-13H,2-11,16H2,1H3,(H,17,18). The lowest BCUT2D eigenvalue weighted by Crippen LogP contribution is -2.50. The Balaban J connectivity index is 1.81. The molecule has 110 valence electrons. The molecule has 0 aromatic carbocycles. The molecule has 0 heterocycles. The first-order valence-corrected chi connectivity index (χ1v) is 7.74. The summed E-state index contributed by atoms with van der Waals surface area (Å²) in [6, 6.07) is 0.154. The van der Waals surface area contributed by atoms with E-state index >= 15 is 0 Å². The summed E-state index contributed by atoms with van der Waals surface area (Å²) in [7, 11) is 1.72. The highest BCUT2D eigenvalue weighted by molar-refractivity contribution is 5.77. The van der Waals surface area contributed by atoms with Crippen molar-refractivity contribution in [2.45, 2.75) is 69.4 Å². The van der Waals surface area contributed by atoms with Gasteiger partial charge >= 0.3 is 0 Å². The second kappa shape index (κ2) is 6.71. The molecular weight excluding hydrogens is 240 g/mol. The van der Waals surface area contributed by atoms with Gasteiger partial charge in [0, 0.05) is 19.7 Å². The summed E-state index contributed by atoms with van der Waals surface area (Å²) < 4.78 is 5.51. The fraction of sp³-hybridized carbons (Fsp3) is 0.933. The number of rotatable bonds is 6. The molecule has 2 rings (SSSR count). The molecule has 3 N–H and O–H groups in total. The number of nitrogens with one attached hydrogen (secondary N) is 1. The van der Waals surface area contributed by atoms with Crippen LogP contribution in [0.1, 0.15) is 57.8 Å². The summed E-state index contributed by atoms with van der Waals surface area (Å²) in [5.41, 5.74) is 5.66. The third kappa shape index (κ3) is 3.69. The van der Waals surface area contributed by atoms with Crippen molar-refractivity contribution in [1.82, 2.24) is 5.32 Å². The molecule has 4 nitrogen and oxygen atoms in total. The molecule has 1 atom stereocenters. The Bertz CT molecular complexity index is 291. The van der Waals surface area contributed by atoms with Crippen molar-refractivity contribution in [2.24, 2.45) is 11.7 Å². The molecule has 0 saturated heterocycles. The number of ether oxygens (including phenoxy) is 1. The molecule has 0 aliphatic heterocycles. The van der Waals surface area contributed by atoms with E-state index in [2.05, 4.69) is 5.32 Å². The average molecular weight is 268 g/mol. The highest BCUT2D eigenvalue weighted by Gasteiger charge is 2.39. The van der Waals surface area contributed by atoms with Gasteiger partial charge in [0.2, 0.25) is 5.91 Å². The predicted molar refractivity (Wildman–Crippen MR) is 75.8 cm³/mol. The van der Waals surface area contributed by atoms with Gasteiger partial charge in [0.15, 0.2) is 0 Å². The van der Waals surface area contributed by atoms with Crippen LogP contribution in [0.2, 0.25) is 0 Å². The van der Waals surface area contributed by atoms with Crippen LogP contribution in [-0.4, -0.2) is 31.2 Å². The molecule has 0 bridgehead atoms. The van der Waals surface area contributed by atoms with Gasteiger partial charge in [-0.05, 0) is 38.0 Å². The summed E-state index contributed by atoms with van der Waals surface area (Å²) in [6.45, 7) is 0.552. The van der Waals surface area contributed by atoms with Crippen molar-refractivity contribution in [3.05, 3.63) is 0 Å². The molecule has 1 unspecified atom stereocenters. The highest BCUT2D eigenvalue weighted by Crippen LogP contribution is 2.38. The Kier molecular flexibility index (Phi) is 5.22. The van der Waals surface area contributed by atoms with Crippen LogP contribution in [-0.2, 0) is 9.53 Å². The number of hydrogen-bond acceptors (Lipinski definition) is 3. The maximum absolute atomic E-state index is 12.2. The van der Waals surface area contributed by atoms with Crippen LogP contribution in [0.15, 0.2) is 0 Å². The molecule has 19 heavy (non-hydrogen) atoms. The molecule has 2 aliphatic rings. The number of amides is 1. The molecule has 4 heteroatoms. The summed E-state index contributed by atoms with van der Waals surface area (Å²) in [6.07, 6.45) is 9.97. The Morgan fingerprint density at radius 2 is 2.00 bits per heavy atom. The van der Waals surface area contributed by atoms with Crippen LogP contribution in [0.25, 0.3) is 0 Å². The van der Waals surface area contributed by atoms with E-state index in [1.54, 1.807) is 7.11 Å². The third-order valence-corrected chi connectivity index (χ3v) is 5.00. The quantitative estimate of drug-likeness (QED) is 0.774. The van der Waals surface area contributed by atoms with E-state index in [0.29, 0.717) is 18.9 Å². The summed E-state index contributed by atoms with van der Waals surface area (Å²) in [4.78, 5) is 12.2. The van der Waals surface area contributed by atoms with Crippen LogP contribution in [0.3, 0.4) is 0 Å². The SMILES string of the molecule is COC1(CC(=O)NC(CN)C2CCCCC2)CCC1. The van der Waals surface area contributed by atoms with Crippen LogP contribution in [0.4, 0.5) is 0 Å². The van der Waals surface area contributed by atoms with E-state index in [0.717, 1.165) is 12.8 Å². The maximum Gasteiger partial charge on any atom is 0.223 e. The van der Waals surface area contributed by atoms with Crippen molar-refractivity contribution in [3.8, 4) is 0 Å². The second-order valence-electron chi connectivity index (χ2n) is 6.23. The van der Waals surface area contributed by atoms with Gasteiger partial charge in [-0.3, -0.25) is 4.79 Å². The van der Waals surface area contributed by atoms with E-state index in [4.69, 9.17) is 10.5 Å². The van der Waals surface area contributed by atoms with E-state index < -0.39 is 0 Å². The summed E-state index contributed by atoms with van der Waals surface area (Å²) in [5.74, 6) is 0.685. The molecule has 0 spiro atoms. The Labute approximate surface area is 116 Å². The zero-order chi connectivity index (χ0) is 13.7. The molecule has 2 saturated carbocycles. The Morgan fingerprint density at radius 1 is 1.32 bits per heavy atom. The van der Waals surface area contributed by atoms with E-state index in [1.165, 1.54) is 38.5 Å². The van der Waals surface area contributed by atoms with Crippen molar-refractivity contribution >= 4 is 5.91 Å².